The number of nitrogens with zero attached hydrogens (tertiary/aromatic N) is 4. The molecule has 4 nitrogen and oxygen atoms in total. The van der Waals surface area contributed by atoms with E-state index in [1.165, 1.54) is 11.1 Å². The fourth-order valence-electron chi connectivity index (χ4n) is 23.3. The highest BCUT2D eigenvalue weighted by Crippen LogP contribution is 2.58. The first-order chi connectivity index (χ1) is 73.2. The number of hydrogen-bond donors (Lipinski definition) is 0. The molecule has 0 radical (unpaired) electrons. The van der Waals surface area contributed by atoms with E-state index in [9.17, 15) is 0 Å². The van der Waals surface area contributed by atoms with Gasteiger partial charge < -0.3 is 18.9 Å². The minimum Gasteiger partial charge on any atom is -0.310 e. The molecule has 0 fully saturated rings. The molecule has 0 spiro atoms. The Morgan fingerprint density at radius 3 is 0.611 bits per heavy atom. The van der Waals surface area contributed by atoms with Crippen molar-refractivity contribution in [2.45, 2.75) is 52.4 Å². The molecule has 24 aromatic rings. The third-order valence-corrected chi connectivity index (χ3v) is 30.5. The van der Waals surface area contributed by atoms with Crippen molar-refractivity contribution < 1.29 is 0 Å². The molecular formula is C144H107BN4. The number of rotatable bonds is 19. The lowest BCUT2D eigenvalue weighted by Gasteiger charge is -2.46. The topological polar surface area (TPSA) is 16.3 Å². The van der Waals surface area contributed by atoms with Gasteiger partial charge in [0.15, 0.2) is 0 Å². The van der Waals surface area contributed by atoms with Crippen LogP contribution in [-0.4, -0.2) is 15.8 Å². The van der Waals surface area contributed by atoms with Gasteiger partial charge in [0.05, 0.1) is 34.2 Å². The molecule has 706 valence electrons. The lowest BCUT2D eigenvalue weighted by Crippen LogP contribution is -2.61. The molecule has 0 saturated heterocycles. The van der Waals surface area contributed by atoms with Crippen molar-refractivity contribution in [2.24, 2.45) is 0 Å². The van der Waals surface area contributed by atoms with Crippen LogP contribution in [0.5, 0.6) is 0 Å². The normalized spacial score (nSPS) is 12.2. The molecule has 0 saturated carbocycles. The van der Waals surface area contributed by atoms with Crippen molar-refractivity contribution in [1.82, 2.24) is 9.13 Å². The van der Waals surface area contributed by atoms with Crippen LogP contribution in [0.15, 0.2) is 540 Å². The van der Waals surface area contributed by atoms with Crippen molar-refractivity contribution in [2.75, 3.05) is 9.80 Å². The van der Waals surface area contributed by atoms with E-state index in [2.05, 4.69) is 600 Å². The molecule has 2 aromatic heterocycles. The molecule has 26 rings (SSSR count). The average Bonchev–Trinajstić information content (AvgIpc) is 0.716. The van der Waals surface area contributed by atoms with Crippen LogP contribution in [0.2, 0.25) is 0 Å². The summed E-state index contributed by atoms with van der Waals surface area (Å²) in [5, 5.41) is 4.63. The van der Waals surface area contributed by atoms with E-state index in [0.717, 1.165) is 251 Å². The van der Waals surface area contributed by atoms with Gasteiger partial charge in [0, 0.05) is 77.9 Å². The number of fused-ring (bicyclic) bond motifs is 6. The lowest BCUT2D eigenvalue weighted by atomic mass is 9.33. The number of hydrogen-bond acceptors (Lipinski definition) is 2. The summed E-state index contributed by atoms with van der Waals surface area (Å²) in [5.74, 6) is 0. The van der Waals surface area contributed by atoms with Crippen LogP contribution >= 0.6 is 0 Å². The van der Waals surface area contributed by atoms with Gasteiger partial charge in [0.2, 0.25) is 0 Å². The second kappa shape index (κ2) is 37.6. The Morgan fingerprint density at radius 1 is 0.161 bits per heavy atom. The van der Waals surface area contributed by atoms with Crippen molar-refractivity contribution >= 4 is 78.8 Å². The summed E-state index contributed by atoms with van der Waals surface area (Å²) in [5.41, 5.74) is 46.5. The van der Waals surface area contributed by atoms with E-state index in [1.807, 2.05) is 0 Å². The first kappa shape index (κ1) is 90.6. The Kier molecular flexibility index (Phi) is 22.9. The molecule has 149 heavy (non-hydrogen) atoms. The van der Waals surface area contributed by atoms with Crippen LogP contribution in [-0.2, 0) is 10.8 Å². The minimum absolute atomic E-state index is 0.370. The van der Waals surface area contributed by atoms with E-state index in [-0.39, 0.29) is 10.8 Å². The first-order valence-electron chi connectivity index (χ1n) is 52.0. The first-order valence-corrected chi connectivity index (χ1v) is 52.0. The zero-order valence-corrected chi connectivity index (χ0v) is 84.3. The van der Waals surface area contributed by atoms with Crippen molar-refractivity contribution in [3.8, 4) is 179 Å². The predicted molar refractivity (Wildman–Crippen MR) is 633 cm³/mol. The van der Waals surface area contributed by atoms with Gasteiger partial charge in [-0.1, -0.05) is 478 Å². The molecule has 0 amide bonds. The van der Waals surface area contributed by atoms with Gasteiger partial charge in [0.25, 0.3) is 6.71 Å². The smallest absolute Gasteiger partial charge is 0.252 e. The fourth-order valence-corrected chi connectivity index (χ4v) is 23.3. The number of anilines is 6. The summed E-state index contributed by atoms with van der Waals surface area (Å²) in [6.45, 7) is 13.9. The highest BCUT2D eigenvalue weighted by Gasteiger charge is 2.47. The quantitative estimate of drug-likeness (QED) is 0.0750. The third-order valence-electron chi connectivity index (χ3n) is 30.5. The Labute approximate surface area is 873 Å². The monoisotopic (exact) mass is 1900 g/mol. The molecular weight excluding hydrogens is 1800 g/mol. The van der Waals surface area contributed by atoms with Crippen LogP contribution < -0.4 is 26.2 Å². The Bertz CT molecular complexity index is 8340. The summed E-state index contributed by atoms with van der Waals surface area (Å²) in [7, 11) is 0. The van der Waals surface area contributed by atoms with Crippen LogP contribution in [0.4, 0.5) is 34.1 Å². The Hall–Kier alpha value is -18.4. The van der Waals surface area contributed by atoms with E-state index >= 15 is 0 Å². The molecule has 0 atom stereocenters. The lowest BCUT2D eigenvalue weighted by molar-refractivity contribution is 0.590. The highest BCUT2D eigenvalue weighted by atomic mass is 15.2. The van der Waals surface area contributed by atoms with Gasteiger partial charge in [-0.15, -0.1) is 0 Å². The molecule has 2 aliphatic heterocycles. The second-order valence-electron chi connectivity index (χ2n) is 41.8. The van der Waals surface area contributed by atoms with Crippen LogP contribution in [0.3, 0.4) is 0 Å². The van der Waals surface area contributed by atoms with Crippen molar-refractivity contribution in [3.05, 3.63) is 551 Å². The predicted octanol–water partition coefficient (Wildman–Crippen LogP) is 37.3. The highest BCUT2D eigenvalue weighted by molar-refractivity contribution is 7.00. The van der Waals surface area contributed by atoms with Gasteiger partial charge >= 0.3 is 0 Å². The number of aromatic nitrogens is 2. The molecule has 0 aliphatic carbocycles. The van der Waals surface area contributed by atoms with Gasteiger partial charge in [-0.3, -0.25) is 0 Å². The van der Waals surface area contributed by atoms with E-state index in [4.69, 9.17) is 0 Å². The maximum absolute atomic E-state index is 2.80. The summed E-state index contributed by atoms with van der Waals surface area (Å²) in [6.07, 6.45) is 0. The second-order valence-corrected chi connectivity index (χ2v) is 41.8. The third kappa shape index (κ3) is 16.5. The van der Waals surface area contributed by atoms with E-state index in [0.29, 0.717) is 0 Å². The molecule has 5 heteroatoms. The maximum Gasteiger partial charge on any atom is 0.252 e. The van der Waals surface area contributed by atoms with Gasteiger partial charge in [-0.2, -0.15) is 0 Å². The summed E-state index contributed by atoms with van der Waals surface area (Å²) >= 11 is 0. The minimum atomic E-state index is -0.478. The zero-order chi connectivity index (χ0) is 100.0. The maximum atomic E-state index is 2.80. The van der Waals surface area contributed by atoms with E-state index in [1.54, 1.807) is 0 Å². The van der Waals surface area contributed by atoms with E-state index < -0.39 is 6.71 Å². The van der Waals surface area contributed by atoms with Gasteiger partial charge in [-0.05, 0) is 264 Å². The van der Waals surface area contributed by atoms with Crippen LogP contribution in [0.25, 0.3) is 200 Å². The van der Waals surface area contributed by atoms with Crippen molar-refractivity contribution in [1.29, 1.82) is 0 Å². The molecule has 0 unspecified atom stereocenters. The van der Waals surface area contributed by atoms with Crippen LogP contribution in [0, 0.1) is 0 Å². The fraction of sp³-hybridized carbons (Fsp3) is 0.0556. The average molecular weight is 1900 g/mol. The Balaban J connectivity index is 0.891. The SMILES string of the molecule is CC(C)(C)c1cc(-c2cccc(-c3ccccc3)c2)c(N2c3cc(-n4c(-c5ccccc5)c5ccccc5c4-c4ccccc4)ccc3B3c4ccc(-n5c(-c6ccccc6)c6ccccc6c5-c5ccccc5)cc4N(c4c(-c5cccc(-c6ccccc6)c5)cc(C(C)(C)C)cc4-c4cccc(-c5ccccc5)c4)c4cc(-c5cc(-c6ccccc6)cc(-c6ccccc6)c5)cc2c43)c(-c2cccc(-c3ccccc3)c2)c1. The number of benzene rings is 22. The summed E-state index contributed by atoms with van der Waals surface area (Å²) < 4.78 is 5.20. The summed E-state index contributed by atoms with van der Waals surface area (Å²) in [6, 6.07) is 204. The van der Waals surface area contributed by atoms with Gasteiger partial charge in [0.1, 0.15) is 0 Å². The standard InChI is InChI=1S/C144H107BN4/c1-143(2,3)118-90-126(110-69-41-65-106(81-110)96-45-17-7-18-46-96)141(127(91-118)111-70-42-66-107(82-111)97-47-19-8-20-48-97)148-132-94-120(146-137(102-57-29-13-30-58-102)122-73-37-38-74-123(122)138(146)103-59-31-14-32-60-103)77-79-130(132)145-131-80-78-121(147-139(104-61-33-15-34-62-104)124-75-39-40-76-125(124)140(147)105-63-35-16-36-64-105)95-133(131)149(135-89-117(88-134(148)136(135)145)116-86-114(100-53-25-11-26-54-100)85-115(87-116)101-55-27-12-28-56-101)142-128(112-71-43-67-108(83-112)98-49-21-9-22-50-98)92-119(144(4,5)6)93-129(142)113-72-44-68-109(84-113)99-51-23-10-24-52-99/h7-95H,1-6H3. The molecule has 22 aromatic carbocycles. The van der Waals surface area contributed by atoms with Crippen molar-refractivity contribution in [3.63, 3.8) is 0 Å². The molecule has 0 N–H and O–H groups in total. The zero-order valence-electron chi connectivity index (χ0n) is 84.3. The largest absolute Gasteiger partial charge is 0.310 e. The van der Waals surface area contributed by atoms with Gasteiger partial charge in [-0.25, -0.2) is 0 Å². The Morgan fingerprint density at radius 2 is 0.362 bits per heavy atom. The van der Waals surface area contributed by atoms with Crippen LogP contribution in [0.1, 0.15) is 52.7 Å². The molecule has 2 aliphatic rings. The molecule has 0 bridgehead atoms. The summed E-state index contributed by atoms with van der Waals surface area (Å²) in [4.78, 5) is 5.59. The molecule has 4 heterocycles.